The van der Waals surface area contributed by atoms with E-state index in [1.54, 1.807) is 6.20 Å². The molecule has 1 aliphatic rings. The smallest absolute Gasteiger partial charge is 0.251 e. The third-order valence-electron chi connectivity index (χ3n) is 4.46. The first-order chi connectivity index (χ1) is 10.2. The van der Waals surface area contributed by atoms with E-state index in [0.29, 0.717) is 5.56 Å². The number of benzene rings is 1. The van der Waals surface area contributed by atoms with E-state index in [0.717, 1.165) is 22.8 Å². The number of halogens is 1. The van der Waals surface area contributed by atoms with Crippen molar-refractivity contribution in [2.45, 2.75) is 25.7 Å². The molecule has 0 radical (unpaired) electrons. The molecule has 3 nitrogen and oxygen atoms in total. The van der Waals surface area contributed by atoms with Gasteiger partial charge in [-0.15, -0.1) is 0 Å². The molecule has 0 bridgehead atoms. The lowest BCUT2D eigenvalue weighted by Gasteiger charge is -2.26. The van der Waals surface area contributed by atoms with Gasteiger partial charge < -0.3 is 5.32 Å². The van der Waals surface area contributed by atoms with Crippen molar-refractivity contribution in [1.82, 2.24) is 10.3 Å². The van der Waals surface area contributed by atoms with Gasteiger partial charge in [0.05, 0.1) is 5.52 Å². The summed E-state index contributed by atoms with van der Waals surface area (Å²) < 4.78 is 0. The van der Waals surface area contributed by atoms with Gasteiger partial charge in [-0.25, -0.2) is 0 Å². The van der Waals surface area contributed by atoms with Crippen LogP contribution in [0.2, 0.25) is 0 Å². The van der Waals surface area contributed by atoms with Gasteiger partial charge in [-0.05, 0) is 36.5 Å². The van der Waals surface area contributed by atoms with E-state index in [9.17, 15) is 4.79 Å². The third kappa shape index (κ3) is 2.95. The fourth-order valence-electron chi connectivity index (χ4n) is 3.15. The number of pyridine rings is 1. The molecule has 3 rings (SSSR count). The van der Waals surface area contributed by atoms with Crippen molar-refractivity contribution < 1.29 is 4.79 Å². The summed E-state index contributed by atoms with van der Waals surface area (Å²) in [5.41, 5.74) is 1.81. The Balaban J connectivity index is 1.78. The first kappa shape index (κ1) is 14.5. The Kier molecular flexibility index (Phi) is 4.24. The predicted molar refractivity (Wildman–Crippen MR) is 88.8 cm³/mol. The van der Waals surface area contributed by atoms with Crippen molar-refractivity contribution in [3.8, 4) is 0 Å². The fraction of sp³-hybridized carbons (Fsp3) is 0.412. The molecule has 0 atom stereocenters. The minimum atomic E-state index is 0.000764. The van der Waals surface area contributed by atoms with E-state index in [1.807, 2.05) is 30.3 Å². The zero-order valence-electron chi connectivity index (χ0n) is 11.9. The summed E-state index contributed by atoms with van der Waals surface area (Å²) in [4.78, 5) is 16.8. The number of hydrogen-bond donors (Lipinski definition) is 1. The van der Waals surface area contributed by atoms with Gasteiger partial charge in [0.2, 0.25) is 0 Å². The number of nitrogens with one attached hydrogen (secondary N) is 1. The minimum absolute atomic E-state index is 0.000764. The molecule has 110 valence electrons. The fourth-order valence-corrected chi connectivity index (χ4v) is 3.91. The third-order valence-corrected chi connectivity index (χ3v) is 5.65. The molecule has 1 heterocycles. The molecule has 1 fully saturated rings. The van der Waals surface area contributed by atoms with Crippen molar-refractivity contribution in [2.24, 2.45) is 5.41 Å². The van der Waals surface area contributed by atoms with Crippen LogP contribution in [-0.4, -0.2) is 22.8 Å². The average Bonchev–Trinajstić information content (AvgIpc) is 3.01. The van der Waals surface area contributed by atoms with Crippen molar-refractivity contribution in [3.63, 3.8) is 0 Å². The highest BCUT2D eigenvalue weighted by molar-refractivity contribution is 9.09. The summed E-state index contributed by atoms with van der Waals surface area (Å²) in [6.45, 7) is 0.744. The van der Waals surface area contributed by atoms with Crippen LogP contribution < -0.4 is 5.32 Å². The lowest BCUT2D eigenvalue weighted by atomic mass is 9.88. The molecule has 1 aromatic carbocycles. The van der Waals surface area contributed by atoms with Crippen LogP contribution in [0.25, 0.3) is 10.9 Å². The summed E-state index contributed by atoms with van der Waals surface area (Å²) in [7, 11) is 0. The standard InChI is InChI=1S/C17H19BrN2O/c18-11-17(8-1-2-9-17)12-20-16(21)14-5-3-7-15-13(14)6-4-10-19-15/h3-7,10H,1-2,8-9,11-12H2,(H,20,21). The molecule has 1 N–H and O–H groups in total. The van der Waals surface area contributed by atoms with E-state index >= 15 is 0 Å². The monoisotopic (exact) mass is 346 g/mol. The Bertz CT molecular complexity index is 645. The molecule has 1 amide bonds. The number of nitrogens with zero attached hydrogens (tertiary/aromatic N) is 1. The summed E-state index contributed by atoms with van der Waals surface area (Å²) in [6.07, 6.45) is 6.66. The van der Waals surface area contributed by atoms with Crippen molar-refractivity contribution >= 4 is 32.7 Å². The zero-order valence-corrected chi connectivity index (χ0v) is 13.5. The molecule has 4 heteroatoms. The lowest BCUT2D eigenvalue weighted by molar-refractivity contribution is 0.0937. The number of alkyl halides is 1. The maximum atomic E-state index is 12.5. The van der Waals surface area contributed by atoms with Gasteiger partial charge in [0.25, 0.3) is 5.91 Å². The highest BCUT2D eigenvalue weighted by Gasteiger charge is 2.33. The number of aromatic nitrogens is 1. The molecule has 0 spiro atoms. The van der Waals surface area contributed by atoms with Crippen LogP contribution in [0.1, 0.15) is 36.0 Å². The Morgan fingerprint density at radius 3 is 2.81 bits per heavy atom. The second-order valence-corrected chi connectivity index (χ2v) is 6.46. The van der Waals surface area contributed by atoms with E-state index in [4.69, 9.17) is 0 Å². The van der Waals surface area contributed by atoms with E-state index in [-0.39, 0.29) is 11.3 Å². The van der Waals surface area contributed by atoms with E-state index < -0.39 is 0 Å². The summed E-state index contributed by atoms with van der Waals surface area (Å²) in [6, 6.07) is 9.51. The van der Waals surface area contributed by atoms with Gasteiger partial charge in [0.15, 0.2) is 0 Å². The van der Waals surface area contributed by atoms with E-state index in [2.05, 4.69) is 26.2 Å². The molecule has 0 aliphatic heterocycles. The summed E-state index contributed by atoms with van der Waals surface area (Å²) >= 11 is 3.62. The van der Waals surface area contributed by atoms with Gasteiger partial charge in [-0.3, -0.25) is 9.78 Å². The Morgan fingerprint density at radius 1 is 1.24 bits per heavy atom. The first-order valence-electron chi connectivity index (χ1n) is 7.42. The van der Waals surface area contributed by atoms with Crippen LogP contribution in [0, 0.1) is 5.41 Å². The van der Waals surface area contributed by atoms with Crippen LogP contribution in [0.15, 0.2) is 36.5 Å². The molecule has 1 aliphatic carbocycles. The number of fused-ring (bicyclic) bond motifs is 1. The highest BCUT2D eigenvalue weighted by atomic mass is 79.9. The Morgan fingerprint density at radius 2 is 2.05 bits per heavy atom. The number of amides is 1. The van der Waals surface area contributed by atoms with Crippen molar-refractivity contribution in [1.29, 1.82) is 0 Å². The summed E-state index contributed by atoms with van der Waals surface area (Å²) in [5.74, 6) is 0.000764. The first-order valence-corrected chi connectivity index (χ1v) is 8.54. The van der Waals surface area contributed by atoms with Crippen LogP contribution in [0.4, 0.5) is 0 Å². The Labute approximate surface area is 133 Å². The maximum Gasteiger partial charge on any atom is 0.251 e. The van der Waals surface area contributed by atoms with E-state index in [1.165, 1.54) is 25.7 Å². The molecule has 1 aromatic heterocycles. The number of hydrogen-bond acceptors (Lipinski definition) is 2. The number of carbonyl (C=O) groups is 1. The molecule has 2 aromatic rings. The minimum Gasteiger partial charge on any atom is -0.351 e. The van der Waals surface area contributed by atoms with Gasteiger partial charge in [-0.1, -0.05) is 40.9 Å². The van der Waals surface area contributed by atoms with Gasteiger partial charge in [0.1, 0.15) is 0 Å². The second-order valence-electron chi connectivity index (χ2n) is 5.90. The van der Waals surface area contributed by atoms with Gasteiger partial charge >= 0.3 is 0 Å². The predicted octanol–water partition coefficient (Wildman–Crippen LogP) is 3.92. The second kappa shape index (κ2) is 6.14. The van der Waals surface area contributed by atoms with Gasteiger partial charge in [0, 0.05) is 29.0 Å². The normalized spacial score (nSPS) is 17.0. The molecule has 0 unspecified atom stereocenters. The highest BCUT2D eigenvalue weighted by Crippen LogP contribution is 2.39. The van der Waals surface area contributed by atoms with Crippen LogP contribution in [0.3, 0.4) is 0 Å². The molecular weight excluding hydrogens is 328 g/mol. The molecule has 1 saturated carbocycles. The topological polar surface area (TPSA) is 42.0 Å². The van der Waals surface area contributed by atoms with Crippen molar-refractivity contribution in [2.75, 3.05) is 11.9 Å². The van der Waals surface area contributed by atoms with Crippen LogP contribution in [-0.2, 0) is 0 Å². The quantitative estimate of drug-likeness (QED) is 0.852. The maximum absolute atomic E-state index is 12.5. The molecule has 0 saturated heterocycles. The molecule has 21 heavy (non-hydrogen) atoms. The molecular formula is C17H19BrN2O. The zero-order chi connectivity index (χ0) is 14.7. The Hall–Kier alpha value is -1.42. The lowest BCUT2D eigenvalue weighted by Crippen LogP contribution is -2.37. The van der Waals surface area contributed by atoms with Gasteiger partial charge in [-0.2, -0.15) is 0 Å². The largest absolute Gasteiger partial charge is 0.351 e. The van der Waals surface area contributed by atoms with Crippen LogP contribution in [0.5, 0.6) is 0 Å². The van der Waals surface area contributed by atoms with Crippen molar-refractivity contribution in [3.05, 3.63) is 42.1 Å². The summed E-state index contributed by atoms with van der Waals surface area (Å²) in [5, 5.41) is 5.00. The SMILES string of the molecule is O=C(NCC1(CBr)CCCC1)c1cccc2ncccc12. The van der Waals surface area contributed by atoms with Crippen LogP contribution >= 0.6 is 15.9 Å². The number of carbonyl (C=O) groups excluding carboxylic acids is 1. The average molecular weight is 347 g/mol. The number of rotatable bonds is 4.